The molecule has 0 aliphatic carbocycles. The summed E-state index contributed by atoms with van der Waals surface area (Å²) in [6.45, 7) is 2.24. The van der Waals surface area contributed by atoms with E-state index in [4.69, 9.17) is 10.2 Å². The number of nitrogens with zero attached hydrogens (tertiary/aromatic N) is 2. The van der Waals surface area contributed by atoms with Gasteiger partial charge in [-0.3, -0.25) is 4.79 Å². The third-order valence-corrected chi connectivity index (χ3v) is 2.67. The van der Waals surface area contributed by atoms with Crippen LogP contribution in [0, 0.1) is 0 Å². The second-order valence-corrected chi connectivity index (χ2v) is 4.60. The number of imidazole rings is 1. The van der Waals surface area contributed by atoms with Crippen LogP contribution in [-0.4, -0.2) is 49.8 Å². The number of nitrogens with one attached hydrogen (secondary N) is 2. The zero-order chi connectivity index (χ0) is 15.8. The Kier molecular flexibility index (Phi) is 6.18. The molecule has 1 aromatic rings. The molecule has 1 rings (SSSR count). The molecule has 0 spiro atoms. The van der Waals surface area contributed by atoms with Gasteiger partial charge in [0.05, 0.1) is 6.33 Å². The number of carbonyl (C=O) groups is 3. The van der Waals surface area contributed by atoms with Crippen molar-refractivity contribution in [3.63, 3.8) is 0 Å². The van der Waals surface area contributed by atoms with Crippen molar-refractivity contribution in [1.82, 2.24) is 20.2 Å². The van der Waals surface area contributed by atoms with Gasteiger partial charge in [-0.2, -0.15) is 0 Å². The fraction of sp³-hybridized carbons (Fsp3) is 0.500. The van der Waals surface area contributed by atoms with E-state index in [2.05, 4.69) is 15.6 Å². The molecule has 2 atom stereocenters. The monoisotopic (exact) mass is 298 g/mol. The van der Waals surface area contributed by atoms with E-state index >= 15 is 0 Å². The van der Waals surface area contributed by atoms with E-state index in [1.165, 1.54) is 0 Å². The van der Waals surface area contributed by atoms with Gasteiger partial charge in [-0.25, -0.2) is 14.6 Å². The lowest BCUT2D eigenvalue weighted by Crippen LogP contribution is -2.49. The Bertz CT molecular complexity index is 488. The fourth-order valence-corrected chi connectivity index (χ4v) is 1.71. The molecular weight excluding hydrogens is 280 g/mol. The molecule has 1 unspecified atom stereocenters. The molecule has 0 radical (unpaired) electrons. The standard InChI is InChI=1S/C12H18N4O5/c1-8(6-16-5-4-13-7-16)14-12(21)15-9(11(19)20)2-3-10(17)18/h4-5,7-9H,2-3,6H2,1H3,(H,17,18)(H,19,20)(H2,14,15,21)/t8?,9-/m0/s1. The minimum atomic E-state index is -1.27. The maximum Gasteiger partial charge on any atom is 0.326 e. The number of amides is 2. The van der Waals surface area contributed by atoms with Crippen molar-refractivity contribution >= 4 is 18.0 Å². The minimum Gasteiger partial charge on any atom is -0.481 e. The number of hydrogen-bond acceptors (Lipinski definition) is 4. The average molecular weight is 298 g/mol. The van der Waals surface area contributed by atoms with Gasteiger partial charge in [-0.1, -0.05) is 0 Å². The lowest BCUT2D eigenvalue weighted by molar-refractivity contribution is -0.140. The molecule has 9 heteroatoms. The summed E-state index contributed by atoms with van der Waals surface area (Å²) in [7, 11) is 0. The van der Waals surface area contributed by atoms with Gasteiger partial charge >= 0.3 is 18.0 Å². The first-order valence-corrected chi connectivity index (χ1v) is 6.36. The van der Waals surface area contributed by atoms with Gasteiger partial charge in [0.2, 0.25) is 0 Å². The van der Waals surface area contributed by atoms with Gasteiger partial charge in [0.1, 0.15) is 6.04 Å². The van der Waals surface area contributed by atoms with Crippen LogP contribution in [0.3, 0.4) is 0 Å². The second kappa shape index (κ2) is 7.88. The minimum absolute atomic E-state index is 0.173. The van der Waals surface area contributed by atoms with Crippen molar-refractivity contribution in [2.75, 3.05) is 0 Å². The van der Waals surface area contributed by atoms with Crippen LogP contribution in [0.25, 0.3) is 0 Å². The highest BCUT2D eigenvalue weighted by Crippen LogP contribution is 1.98. The second-order valence-electron chi connectivity index (χ2n) is 4.60. The molecule has 0 saturated carbocycles. The van der Waals surface area contributed by atoms with Gasteiger partial charge in [-0.05, 0) is 13.3 Å². The lowest BCUT2D eigenvalue weighted by atomic mass is 10.1. The summed E-state index contributed by atoms with van der Waals surface area (Å²) in [6, 6.07) is -2.13. The molecule has 0 bridgehead atoms. The van der Waals surface area contributed by atoms with Crippen LogP contribution in [0.15, 0.2) is 18.7 Å². The molecule has 0 fully saturated rings. The molecule has 0 aliphatic heterocycles. The van der Waals surface area contributed by atoms with E-state index in [0.717, 1.165) is 0 Å². The van der Waals surface area contributed by atoms with E-state index in [1.807, 2.05) is 0 Å². The smallest absolute Gasteiger partial charge is 0.326 e. The maximum atomic E-state index is 11.7. The number of aliphatic carboxylic acids is 2. The third kappa shape index (κ3) is 6.41. The number of carbonyl (C=O) groups excluding carboxylic acids is 1. The Balaban J connectivity index is 2.42. The van der Waals surface area contributed by atoms with Crippen molar-refractivity contribution in [2.45, 2.75) is 38.4 Å². The third-order valence-electron chi connectivity index (χ3n) is 2.67. The maximum absolute atomic E-state index is 11.7. The predicted octanol–water partition coefficient (Wildman–Crippen LogP) is -0.111. The summed E-state index contributed by atoms with van der Waals surface area (Å²) in [5.41, 5.74) is 0. The Hall–Kier alpha value is -2.58. The predicted molar refractivity (Wildman–Crippen MR) is 71.7 cm³/mol. The highest BCUT2D eigenvalue weighted by atomic mass is 16.4. The van der Waals surface area contributed by atoms with Gasteiger partial charge in [0, 0.05) is 31.4 Å². The normalized spacial score (nSPS) is 13.2. The van der Waals surface area contributed by atoms with Crippen LogP contribution in [0.2, 0.25) is 0 Å². The summed E-state index contributed by atoms with van der Waals surface area (Å²) in [5.74, 6) is -2.38. The quantitative estimate of drug-likeness (QED) is 0.529. The summed E-state index contributed by atoms with van der Waals surface area (Å²) in [5, 5.41) is 22.3. The molecular formula is C12H18N4O5. The first kappa shape index (κ1) is 16.5. The zero-order valence-corrected chi connectivity index (χ0v) is 11.5. The molecule has 0 aliphatic rings. The highest BCUT2D eigenvalue weighted by molar-refractivity contribution is 5.83. The summed E-state index contributed by atoms with van der Waals surface area (Å²) in [6.07, 6.45) is 4.45. The molecule has 4 N–H and O–H groups in total. The van der Waals surface area contributed by atoms with Gasteiger partial charge in [0.15, 0.2) is 0 Å². The molecule has 1 aromatic heterocycles. The summed E-state index contributed by atoms with van der Waals surface area (Å²) >= 11 is 0. The Labute approximate surface area is 121 Å². The summed E-state index contributed by atoms with van der Waals surface area (Å²) < 4.78 is 1.77. The van der Waals surface area contributed by atoms with Crippen LogP contribution >= 0.6 is 0 Å². The van der Waals surface area contributed by atoms with E-state index in [9.17, 15) is 14.4 Å². The van der Waals surface area contributed by atoms with Crippen LogP contribution in [0.5, 0.6) is 0 Å². The Morgan fingerprint density at radius 1 is 1.29 bits per heavy atom. The first-order valence-electron chi connectivity index (χ1n) is 6.36. The average Bonchev–Trinajstić information content (AvgIpc) is 2.86. The largest absolute Gasteiger partial charge is 0.481 e. The molecule has 1 heterocycles. The SMILES string of the molecule is CC(Cn1ccnc1)NC(=O)N[C@@H](CCC(=O)O)C(=O)O. The molecule has 116 valence electrons. The van der Waals surface area contributed by atoms with Crippen LogP contribution in [-0.2, 0) is 16.1 Å². The Morgan fingerprint density at radius 3 is 2.52 bits per heavy atom. The fourth-order valence-electron chi connectivity index (χ4n) is 1.71. The zero-order valence-electron chi connectivity index (χ0n) is 11.5. The van der Waals surface area contributed by atoms with Gasteiger partial charge in [-0.15, -0.1) is 0 Å². The van der Waals surface area contributed by atoms with Crippen molar-refractivity contribution in [3.05, 3.63) is 18.7 Å². The molecule has 0 saturated heterocycles. The first-order chi connectivity index (χ1) is 9.88. The Morgan fingerprint density at radius 2 is 2.00 bits per heavy atom. The van der Waals surface area contributed by atoms with E-state index in [-0.39, 0.29) is 18.9 Å². The number of carboxylic acid groups (broad SMARTS) is 2. The van der Waals surface area contributed by atoms with E-state index in [0.29, 0.717) is 6.54 Å². The summed E-state index contributed by atoms with van der Waals surface area (Å²) in [4.78, 5) is 36.9. The van der Waals surface area contributed by atoms with Crippen LogP contribution in [0.1, 0.15) is 19.8 Å². The van der Waals surface area contributed by atoms with Crippen LogP contribution < -0.4 is 10.6 Å². The lowest BCUT2D eigenvalue weighted by Gasteiger charge is -2.18. The molecule has 0 aromatic carbocycles. The van der Waals surface area contributed by atoms with Crippen molar-refractivity contribution < 1.29 is 24.6 Å². The van der Waals surface area contributed by atoms with Gasteiger partial charge < -0.3 is 25.4 Å². The topological polar surface area (TPSA) is 134 Å². The number of rotatable bonds is 8. The number of aromatic nitrogens is 2. The number of hydrogen-bond donors (Lipinski definition) is 4. The molecule has 2 amide bonds. The highest BCUT2D eigenvalue weighted by Gasteiger charge is 2.21. The van der Waals surface area contributed by atoms with Crippen molar-refractivity contribution in [1.29, 1.82) is 0 Å². The number of urea groups is 1. The van der Waals surface area contributed by atoms with Gasteiger partial charge in [0.25, 0.3) is 0 Å². The van der Waals surface area contributed by atoms with Crippen LogP contribution in [0.4, 0.5) is 4.79 Å². The van der Waals surface area contributed by atoms with Crippen molar-refractivity contribution in [2.24, 2.45) is 0 Å². The molecule has 21 heavy (non-hydrogen) atoms. The van der Waals surface area contributed by atoms with E-state index in [1.54, 1.807) is 30.2 Å². The van der Waals surface area contributed by atoms with E-state index < -0.39 is 24.0 Å². The molecule has 9 nitrogen and oxygen atoms in total. The van der Waals surface area contributed by atoms with Crippen molar-refractivity contribution in [3.8, 4) is 0 Å². The number of carboxylic acids is 2.